The number of hydrogen-bond acceptors (Lipinski definition) is 21. The van der Waals surface area contributed by atoms with Crippen LogP contribution in [0.5, 0.6) is 28.7 Å². The summed E-state index contributed by atoms with van der Waals surface area (Å²) in [6, 6.07) is 44.5. The highest BCUT2D eigenvalue weighted by Gasteiger charge is 2.24. The van der Waals surface area contributed by atoms with Gasteiger partial charge in [0.05, 0.1) is 59.8 Å². The first-order valence-electron chi connectivity index (χ1n) is 44.3. The van der Waals surface area contributed by atoms with Crippen molar-refractivity contribution in [2.45, 2.75) is 215 Å². The zero-order valence-electron chi connectivity index (χ0n) is 79.4. The van der Waals surface area contributed by atoms with Gasteiger partial charge in [-0.15, -0.1) is 0 Å². The molecule has 0 bridgehead atoms. The molecule has 0 fully saturated rings. The van der Waals surface area contributed by atoms with Gasteiger partial charge in [-0.3, -0.25) is 0 Å². The lowest BCUT2D eigenvalue weighted by Crippen LogP contribution is -2.19. The van der Waals surface area contributed by atoms with Crippen LogP contribution < -0.4 is 48.2 Å². The third kappa shape index (κ3) is 30.7. The highest BCUT2D eigenvalue weighted by atomic mass is 16.5. The number of nitrogens with zero attached hydrogens (tertiary/aromatic N) is 11. The van der Waals surface area contributed by atoms with Gasteiger partial charge in [-0.05, 0) is 216 Å². The number of pyridine rings is 2. The molecule has 4 heterocycles. The van der Waals surface area contributed by atoms with E-state index in [0.717, 1.165) is 80.5 Å². The summed E-state index contributed by atoms with van der Waals surface area (Å²) >= 11 is 0. The molecule has 0 amide bonds. The highest BCUT2D eigenvalue weighted by molar-refractivity contribution is 5.90. The lowest BCUT2D eigenvalue weighted by molar-refractivity contribution is 0.0685. The number of aromatic carboxylic acids is 5. The van der Waals surface area contributed by atoms with E-state index in [2.05, 4.69) is 207 Å². The highest BCUT2D eigenvalue weighted by Crippen LogP contribution is 2.40. The first-order chi connectivity index (χ1) is 60.6. The van der Waals surface area contributed by atoms with Gasteiger partial charge in [0.2, 0.25) is 11.9 Å². The summed E-state index contributed by atoms with van der Waals surface area (Å²) in [5.41, 5.74) is 12.4. The average Bonchev–Trinajstić information content (AvgIpc) is 0.830. The zero-order chi connectivity index (χ0) is 94.9. The second kappa shape index (κ2) is 50.5. The molecule has 26 heteroatoms. The van der Waals surface area contributed by atoms with Crippen molar-refractivity contribution >= 4 is 87.5 Å². The van der Waals surface area contributed by atoms with Crippen LogP contribution in [0.2, 0.25) is 0 Å². The Morgan fingerprint density at radius 3 is 0.719 bits per heavy atom. The second-order valence-electron chi connectivity index (χ2n) is 34.0. The quantitative estimate of drug-likeness (QED) is 0.0240. The summed E-state index contributed by atoms with van der Waals surface area (Å²) in [4.78, 5) is 90.5. The molecule has 4 aromatic heterocycles. The maximum absolute atomic E-state index is 11.1. The Balaban J connectivity index is 0.000000247. The molecular formula is C102H135N11O15. The Hall–Kier alpha value is -12.9. The molecule has 5 N–H and O–H groups in total. The van der Waals surface area contributed by atoms with Gasteiger partial charge < -0.3 is 73.7 Å². The van der Waals surface area contributed by atoms with Gasteiger partial charge in [0.1, 0.15) is 40.4 Å². The number of rotatable bonds is 38. The van der Waals surface area contributed by atoms with Crippen molar-refractivity contribution < 1.29 is 73.2 Å². The smallest absolute Gasteiger partial charge is 0.338 e. The number of carboxylic acids is 5. The molecule has 0 saturated heterocycles. The predicted molar refractivity (Wildman–Crippen MR) is 512 cm³/mol. The van der Waals surface area contributed by atoms with E-state index in [9.17, 15) is 24.0 Å². The van der Waals surface area contributed by atoms with E-state index >= 15 is 0 Å². The SMILES string of the molecule is CCN(c1ccc(C(=O)O)cc1)c1ccc(C(C)C)c(OCC(C)C)c1.CCN(c1ccc(C(C)C)c(OC(C)C)c1)c1ccc(C(=O)O)cn1.CCN(c1ccc(C(C)C)c(OC(C)C)c1)c1ncc(C(=O)O)cn1.CCN(c1ccc(C(C)C)c(OCC(C)C)c1)c1ccc(C(=O)O)cn1.CCN(c1ccc(C(C)C)c(OCC(C)C)c1)c1ncc(C(=O)O)cn1. The van der Waals surface area contributed by atoms with Gasteiger partial charge in [-0.1, -0.05) is 141 Å². The Labute approximate surface area is 757 Å². The molecule has 128 heavy (non-hydrogen) atoms. The first-order valence-corrected chi connectivity index (χ1v) is 44.3. The summed E-state index contributed by atoms with van der Waals surface area (Å²) in [6.07, 6.45) is 8.23. The number of carbonyl (C=O) groups is 5. The molecule has 26 nitrogen and oxygen atoms in total. The molecule has 0 saturated carbocycles. The van der Waals surface area contributed by atoms with Crippen LogP contribution in [0.15, 0.2) is 177 Å². The van der Waals surface area contributed by atoms with E-state index in [0.29, 0.717) is 122 Å². The van der Waals surface area contributed by atoms with Crippen LogP contribution in [-0.2, 0) is 0 Å². The Bertz CT molecular complexity index is 4720. The van der Waals surface area contributed by atoms with Crippen LogP contribution in [0.4, 0.5) is 57.7 Å². The third-order valence-electron chi connectivity index (χ3n) is 19.9. The molecule has 0 spiro atoms. The standard InChI is InChI=1S/C22H29NO3.C21H28N2O3.C20H27N3O3.C20H26N2O3.C19H25N3O3/c1-6-23(18-9-7-17(8-10-18)22(24)25)19-11-12-20(16(4)5)21(13-19)26-14-15(2)3;1-6-23(20-10-7-16(12-22-20)21(24)25)17-8-9-18(15(4)5)19(11-17)26-13-14(2)3;1-6-23(20-21-10-15(11-22-20)19(24)25)16-7-8-17(14(4)5)18(9-16)26-12-13(2)3;1-6-22(19-10-7-15(12-21-19)20(23)24)16-8-9-17(13(2)3)18(11-16)25-14(4)5;1-6-22(19-20-10-14(11-21-19)18(23)24)15-7-8-16(12(2)3)17(9-15)25-13(4)5/h7-13,15-16H,6,14H2,1-5H3,(H,24,25);7-12,14-15H,6,13H2,1-5H3,(H,24,25);7-11,13-14H,6,12H2,1-5H3,(H,24,25);7-14H,6H2,1-5H3,(H,23,24);7-13H,6H2,1-5H3,(H,23,24). The van der Waals surface area contributed by atoms with E-state index in [-0.39, 0.29) is 34.5 Å². The van der Waals surface area contributed by atoms with Crippen molar-refractivity contribution in [3.63, 3.8) is 0 Å². The van der Waals surface area contributed by atoms with Crippen molar-refractivity contribution in [2.75, 3.05) is 77.0 Å². The molecule has 0 aliphatic rings. The van der Waals surface area contributed by atoms with Crippen LogP contribution in [0.1, 0.15) is 282 Å². The van der Waals surface area contributed by atoms with Gasteiger partial charge in [0.15, 0.2) is 0 Å². The molecule has 0 radical (unpaired) electrons. The molecule has 0 unspecified atom stereocenters. The van der Waals surface area contributed by atoms with Crippen LogP contribution in [0.3, 0.4) is 0 Å². The lowest BCUT2D eigenvalue weighted by Gasteiger charge is -2.25. The van der Waals surface area contributed by atoms with Crippen molar-refractivity contribution in [3.05, 3.63) is 232 Å². The minimum absolute atomic E-state index is 0.0683. The Morgan fingerprint density at radius 2 is 0.492 bits per heavy atom. The lowest BCUT2D eigenvalue weighted by atomic mass is 10.0. The number of aromatic nitrogens is 6. The molecule has 0 atom stereocenters. The molecule has 0 aliphatic heterocycles. The predicted octanol–water partition coefficient (Wildman–Crippen LogP) is 24.4. The molecular weight excluding hydrogens is 1620 g/mol. The molecule has 6 aromatic carbocycles. The summed E-state index contributed by atoms with van der Waals surface area (Å²) in [7, 11) is 0. The maximum Gasteiger partial charge on any atom is 0.338 e. The number of ether oxygens (including phenoxy) is 5. The molecule has 10 rings (SSSR count). The monoisotopic (exact) mass is 1750 g/mol. The molecule has 10 aromatic rings. The number of anilines is 10. The van der Waals surface area contributed by atoms with Crippen LogP contribution in [0.25, 0.3) is 0 Å². The summed E-state index contributed by atoms with van der Waals surface area (Å²) < 4.78 is 30.2. The van der Waals surface area contributed by atoms with Gasteiger partial charge in [0, 0.05) is 134 Å². The second-order valence-corrected chi connectivity index (χ2v) is 34.0. The van der Waals surface area contributed by atoms with Gasteiger partial charge >= 0.3 is 29.8 Å². The molecule has 688 valence electrons. The zero-order valence-corrected chi connectivity index (χ0v) is 79.4. The summed E-state index contributed by atoms with van der Waals surface area (Å²) in [5, 5.41) is 45.1. The fourth-order valence-electron chi connectivity index (χ4n) is 13.3. The Kier molecular flexibility index (Phi) is 41.0. The number of carboxylic acid groups (broad SMARTS) is 5. The fourth-order valence-corrected chi connectivity index (χ4v) is 13.3. The van der Waals surface area contributed by atoms with Gasteiger partial charge in [0.25, 0.3) is 0 Å². The van der Waals surface area contributed by atoms with Crippen molar-refractivity contribution in [1.29, 1.82) is 0 Å². The molecule has 0 aliphatic carbocycles. The minimum atomic E-state index is -1.04. The van der Waals surface area contributed by atoms with E-state index < -0.39 is 29.8 Å². The van der Waals surface area contributed by atoms with Crippen molar-refractivity contribution in [3.8, 4) is 28.7 Å². The van der Waals surface area contributed by atoms with E-state index in [1.807, 2.05) is 124 Å². The normalized spacial score (nSPS) is 11.0. The number of hydrogen-bond donors (Lipinski definition) is 5. The van der Waals surface area contributed by atoms with Gasteiger partial charge in [-0.2, -0.15) is 0 Å². The van der Waals surface area contributed by atoms with E-state index in [4.69, 9.17) is 49.2 Å². The maximum atomic E-state index is 11.1. The Morgan fingerprint density at radius 1 is 0.266 bits per heavy atom. The summed E-state index contributed by atoms with van der Waals surface area (Å²) in [5.74, 6) is 5.00. The minimum Gasteiger partial charge on any atom is -0.493 e. The van der Waals surface area contributed by atoms with Crippen molar-refractivity contribution in [1.82, 2.24) is 29.9 Å². The van der Waals surface area contributed by atoms with E-state index in [1.165, 1.54) is 53.9 Å². The van der Waals surface area contributed by atoms with Gasteiger partial charge in [-0.25, -0.2) is 53.9 Å². The number of benzene rings is 6. The average molecular weight is 1760 g/mol. The van der Waals surface area contributed by atoms with Crippen LogP contribution in [0, 0.1) is 17.8 Å². The summed E-state index contributed by atoms with van der Waals surface area (Å²) in [6.45, 7) is 57.9. The fraction of sp³-hybridized carbons (Fsp3) is 0.422. The largest absolute Gasteiger partial charge is 0.493 e. The third-order valence-corrected chi connectivity index (χ3v) is 19.9. The van der Waals surface area contributed by atoms with Crippen molar-refractivity contribution in [2.24, 2.45) is 17.8 Å². The van der Waals surface area contributed by atoms with E-state index in [1.54, 1.807) is 36.4 Å². The van der Waals surface area contributed by atoms with Crippen LogP contribution >= 0.6 is 0 Å². The topological polar surface area (TPSA) is 326 Å². The first kappa shape index (κ1) is 104. The van der Waals surface area contributed by atoms with Crippen LogP contribution in [-0.4, -0.2) is 150 Å².